The molecule has 674 valence electrons. The largest absolute Gasteiger partial charge is 0.507 e. The van der Waals surface area contributed by atoms with Crippen molar-refractivity contribution in [1.29, 1.82) is 0 Å². The van der Waals surface area contributed by atoms with Crippen molar-refractivity contribution < 1.29 is 131 Å². The molecule has 18 atom stereocenters. The Labute approximate surface area is 729 Å². The van der Waals surface area contributed by atoms with E-state index in [-0.39, 0.29) is 76.3 Å². The topological polar surface area (TPSA) is 545 Å². The van der Waals surface area contributed by atoms with Crippen LogP contribution in [0.15, 0.2) is 102 Å². The van der Waals surface area contributed by atoms with Crippen LogP contribution in [-0.2, 0) is 80.3 Å². The molecule has 35 nitrogen and oxygen atoms in total. The van der Waals surface area contributed by atoms with Crippen LogP contribution in [0, 0.1) is 17.8 Å². The third-order valence-corrected chi connectivity index (χ3v) is 25.4. The summed E-state index contributed by atoms with van der Waals surface area (Å²) in [5.41, 5.74) is 2.73. The second kappa shape index (κ2) is 40.1. The number of aliphatic hydroxyl groups is 5. The van der Waals surface area contributed by atoms with Crippen molar-refractivity contribution in [2.75, 3.05) is 19.7 Å². The van der Waals surface area contributed by atoms with Crippen LogP contribution < -0.4 is 56.6 Å². The summed E-state index contributed by atoms with van der Waals surface area (Å²) >= 11 is 14.4. The minimum absolute atomic E-state index is 0.0172. The van der Waals surface area contributed by atoms with Crippen LogP contribution in [0.25, 0.3) is 11.1 Å². The number of amides is 6. The molecule has 38 heteroatoms. The maximum atomic E-state index is 16.5. The summed E-state index contributed by atoms with van der Waals surface area (Å²) in [5.74, 6) is -19.6. The number of alkyl carbamates (subject to hydrolysis) is 1. The molecular weight excluding hydrogens is 1690 g/mol. The number of phenols is 3. The van der Waals surface area contributed by atoms with Crippen LogP contribution in [0.3, 0.4) is 0 Å². The molecule has 0 radical (unpaired) electrons. The number of nitrogens with one attached hydrogen (secondary N) is 7. The molecule has 6 aromatic carbocycles. The van der Waals surface area contributed by atoms with Crippen molar-refractivity contribution in [1.82, 2.24) is 36.6 Å². The number of sulfonamides is 1. The summed E-state index contributed by atoms with van der Waals surface area (Å²) in [6, 6.07) is 11.2. The van der Waals surface area contributed by atoms with Gasteiger partial charge in [0.15, 0.2) is 47.6 Å². The third-order valence-electron chi connectivity index (χ3n) is 23.4. The fourth-order valence-corrected chi connectivity index (χ4v) is 18.2. The zero-order valence-electron chi connectivity index (χ0n) is 69.3. The average molecular weight is 1800 g/mol. The van der Waals surface area contributed by atoms with Gasteiger partial charge in [0.2, 0.25) is 51.6 Å². The first-order valence-corrected chi connectivity index (χ1v) is 43.7. The number of ether oxygens (including phenoxy) is 7. The SMILES string of the molecule is CCCCCCc1ccc(S(=O)(=O)NCCCCNCc2c(O)cc3c(c2O)-c2cc(ccc2O)[C@H]2CC(=O)[C@@H]4NC(=O)[C@H](CC(N)=O)CC(=O)[C@H](NC(=O)[C@H](CC)CC(C)C)[C@H](O)c5ccc(c(Cl)c5)Oc5cc4cc(c5O[C@@H]4O[C@H](CO)[C@@H](O)[C@H](O)[C@H]4O[C@H]4C[C@]5(C)NC(=O)O[C@@H]5[C@H](C)O4)Oc4ccc(cc4Cl)[C@@H](O)[C@H](NC2=O)C(=O)N[C@@H]3C(=O)O)cc1. The van der Waals surface area contributed by atoms with Gasteiger partial charge in [0.05, 0.1) is 50.6 Å². The van der Waals surface area contributed by atoms with E-state index >= 15 is 24.0 Å². The number of Topliss-reactive ketones (excluding diaryl/α,β-unsaturated/α-hetero) is 2. The fourth-order valence-electron chi connectivity index (χ4n) is 16.6. The zero-order valence-corrected chi connectivity index (χ0v) is 71.6. The van der Waals surface area contributed by atoms with E-state index in [4.69, 9.17) is 62.1 Å². The Morgan fingerprint density at radius 1 is 0.720 bits per heavy atom. The lowest BCUT2D eigenvalue weighted by molar-refractivity contribution is -0.332. The van der Waals surface area contributed by atoms with Crippen LogP contribution in [0.4, 0.5) is 4.79 Å². The number of aliphatic carboxylic acids is 1. The van der Waals surface area contributed by atoms with Crippen molar-refractivity contribution in [2.45, 2.75) is 233 Å². The molecule has 3 saturated heterocycles. The number of halogens is 2. The van der Waals surface area contributed by atoms with E-state index in [1.54, 1.807) is 45.0 Å². The Morgan fingerprint density at radius 2 is 1.38 bits per heavy atom. The number of aromatic hydroxyl groups is 3. The van der Waals surface area contributed by atoms with E-state index < -0.39 is 265 Å². The Kier molecular flexibility index (Phi) is 30.1. The molecular formula is C87H104Cl2N8O27S. The van der Waals surface area contributed by atoms with Crippen LogP contribution in [-0.4, -0.2) is 194 Å². The first kappa shape index (κ1) is 93.8. The van der Waals surface area contributed by atoms with Gasteiger partial charge in [0.25, 0.3) is 0 Å². The molecule has 18 N–H and O–H groups in total. The van der Waals surface area contributed by atoms with Crippen LogP contribution in [0.2, 0.25) is 10.0 Å². The maximum Gasteiger partial charge on any atom is 0.408 e. The van der Waals surface area contributed by atoms with Gasteiger partial charge in [-0.1, -0.05) is 100 Å². The van der Waals surface area contributed by atoms with Crippen molar-refractivity contribution in [3.8, 4) is 57.1 Å². The molecule has 8 aliphatic heterocycles. The molecule has 11 bridgehead atoms. The summed E-state index contributed by atoms with van der Waals surface area (Å²) in [6.45, 7) is 9.62. The molecule has 8 aliphatic rings. The van der Waals surface area contributed by atoms with Gasteiger partial charge in [-0.3, -0.25) is 33.6 Å². The highest BCUT2D eigenvalue weighted by molar-refractivity contribution is 7.89. The number of carboxylic acids is 1. The van der Waals surface area contributed by atoms with E-state index in [1.165, 1.54) is 18.2 Å². The number of hydrogen-bond acceptors (Lipinski definition) is 27. The number of hydrogen-bond donors (Lipinski definition) is 17. The van der Waals surface area contributed by atoms with Crippen molar-refractivity contribution in [3.63, 3.8) is 0 Å². The van der Waals surface area contributed by atoms with E-state index in [2.05, 4.69) is 43.5 Å². The number of rotatable bonds is 27. The lowest BCUT2D eigenvalue weighted by atomic mass is 9.84. The third kappa shape index (κ3) is 21.4. The van der Waals surface area contributed by atoms with Gasteiger partial charge in [0.1, 0.15) is 77.4 Å². The molecule has 0 aromatic heterocycles. The van der Waals surface area contributed by atoms with Crippen molar-refractivity contribution in [3.05, 3.63) is 146 Å². The van der Waals surface area contributed by atoms with Gasteiger partial charge in [-0.2, -0.15) is 0 Å². The van der Waals surface area contributed by atoms with Gasteiger partial charge in [0, 0.05) is 61.4 Å². The predicted octanol–water partition coefficient (Wildman–Crippen LogP) is 7.28. The summed E-state index contributed by atoms with van der Waals surface area (Å²) < 4.78 is 73.9. The Morgan fingerprint density at radius 3 is 2.02 bits per heavy atom. The monoisotopic (exact) mass is 1790 g/mol. The van der Waals surface area contributed by atoms with Gasteiger partial charge < -0.3 is 117 Å². The molecule has 0 spiro atoms. The normalized spacial score (nSPS) is 26.6. The molecule has 0 aliphatic carbocycles. The number of unbranched alkanes of at least 4 members (excludes halogenated alkanes) is 4. The molecule has 8 heterocycles. The van der Waals surface area contributed by atoms with Gasteiger partial charge >= 0.3 is 12.1 Å². The number of carboxylic acid groups (broad SMARTS) is 1. The minimum Gasteiger partial charge on any atom is -0.507 e. The number of carbonyl (C=O) groups excluding carboxylic acids is 8. The summed E-state index contributed by atoms with van der Waals surface area (Å²) in [4.78, 5) is 133. The smallest absolute Gasteiger partial charge is 0.408 e. The Balaban J connectivity index is 0.995. The molecule has 6 aromatic rings. The highest BCUT2D eigenvalue weighted by Gasteiger charge is 2.56. The Hall–Kier alpha value is -10.3. The fraction of sp³-hybridized carbons (Fsp3) is 0.483. The number of benzene rings is 6. The van der Waals surface area contributed by atoms with Crippen LogP contribution in [0.1, 0.15) is 188 Å². The second-order valence-corrected chi connectivity index (χ2v) is 35.6. The van der Waals surface area contributed by atoms with Gasteiger partial charge in [-0.05, 0) is 159 Å². The first-order valence-electron chi connectivity index (χ1n) is 41.5. The number of fused-ring (bicyclic) bond motifs is 16. The number of carbonyl (C=O) groups is 9. The molecule has 125 heavy (non-hydrogen) atoms. The van der Waals surface area contributed by atoms with Crippen molar-refractivity contribution in [2.24, 2.45) is 23.5 Å². The molecule has 6 amide bonds. The van der Waals surface area contributed by atoms with E-state index in [0.29, 0.717) is 19.3 Å². The van der Waals surface area contributed by atoms with E-state index in [9.17, 15) is 73.6 Å². The molecule has 0 saturated carbocycles. The molecule has 0 unspecified atom stereocenters. The number of aliphatic hydroxyl groups excluding tert-OH is 5. The summed E-state index contributed by atoms with van der Waals surface area (Å²) in [7, 11) is -3.90. The van der Waals surface area contributed by atoms with Gasteiger partial charge in [-0.25, -0.2) is 22.7 Å². The highest BCUT2D eigenvalue weighted by Crippen LogP contribution is 2.52. The van der Waals surface area contributed by atoms with E-state index in [1.807, 2.05) is 13.8 Å². The minimum atomic E-state index is -3.90. The highest BCUT2D eigenvalue weighted by atomic mass is 35.5. The quantitative estimate of drug-likeness (QED) is 0.0225. The first-order chi connectivity index (χ1) is 59.4. The van der Waals surface area contributed by atoms with Gasteiger partial charge in [-0.15, -0.1) is 0 Å². The number of phenolic OH excluding ortho intramolecular Hbond substituents is 3. The maximum absolute atomic E-state index is 16.5. The predicted molar refractivity (Wildman–Crippen MR) is 447 cm³/mol. The zero-order chi connectivity index (χ0) is 90.4. The van der Waals surface area contributed by atoms with Crippen molar-refractivity contribution >= 4 is 86.4 Å². The van der Waals surface area contributed by atoms with Crippen LogP contribution >= 0.6 is 23.2 Å². The number of aryl methyl sites for hydroxylation is 1. The standard InChI is InChI=1S/C87H104Cl2N8O27S/c1-7-9-10-11-14-42-15-20-49(21-16-42)125(116,117)92-26-13-12-25-91-38-53-57(100)36-52-67(74(53)106)51-28-44(17-22-56(51)99)50-35-59(102)68-47-32-62(119-60-23-18-45(29-54(60)88)72(104)70(95-80(109)43(8-2)27-40(3)4)58(101)31-48(34-65(90)103)81(110)93-68)77(63(33-47)120-61-24-19-46(30-55(61)89)73(105)71(96-82(50)111)83(112)94-69(52)84(113)114)123-85-78(76(108)75(107)64(39-98)121-85)122-66-37-87(6)79(41(5)118-66)124-86(115)97-87/h15-24,28-30,32-33,36,40-41,43,48,50,64,66,68-73,75-76,78-79,85,91-92,98-100,104-108H,7-14,25-27,31,34-35,37-39H2,1-6H3,(H2,90,103)(H,93,110)(H,94,112)(H,95,109)(H,96,111)(H,97,115)(H,113,114)/t41-,43+,48-,50+,64+,66-,68+,69-,70-,71-,72+,73+,75+,76-,78+,79+,85-,87-/m0/s1. The second-order valence-electron chi connectivity index (χ2n) is 33.0. The lowest BCUT2D eigenvalue weighted by Crippen LogP contribution is -2.63. The summed E-state index contributed by atoms with van der Waals surface area (Å²) in [5, 5.41) is 123. The average Bonchev–Trinajstić information content (AvgIpc) is 1.43. The van der Waals surface area contributed by atoms with Crippen LogP contribution in [0.5, 0.6) is 46.0 Å². The molecule has 3 fully saturated rings. The Bertz CT molecular complexity index is 5180. The van der Waals surface area contributed by atoms with E-state index in [0.717, 1.165) is 92.3 Å². The number of primary amides is 1. The number of nitrogens with two attached hydrogens (primary N) is 1. The molecule has 14 rings (SSSR count). The number of ketones is 2. The lowest BCUT2D eigenvalue weighted by Gasteiger charge is -2.46. The summed E-state index contributed by atoms with van der Waals surface area (Å²) in [6.07, 6.45) is -14.7.